The van der Waals surface area contributed by atoms with E-state index in [-0.39, 0.29) is 12.5 Å². The summed E-state index contributed by atoms with van der Waals surface area (Å²) in [7, 11) is 1.56. The summed E-state index contributed by atoms with van der Waals surface area (Å²) in [5.74, 6) is 0.393. The highest BCUT2D eigenvalue weighted by Gasteiger charge is 2.13. The molecule has 0 aliphatic carbocycles. The molecule has 0 saturated heterocycles. The van der Waals surface area contributed by atoms with E-state index in [9.17, 15) is 4.79 Å². The molecular formula is C12H10ClIN2O2. The van der Waals surface area contributed by atoms with Crippen LogP contribution < -0.4 is 10.1 Å². The number of amides is 1. The molecule has 0 aliphatic heterocycles. The molecule has 0 fully saturated rings. The average Bonchev–Trinajstić information content (AvgIpc) is 2.38. The van der Waals surface area contributed by atoms with Gasteiger partial charge in [-0.1, -0.05) is 11.6 Å². The van der Waals surface area contributed by atoms with Gasteiger partial charge in [0.15, 0.2) is 12.4 Å². The summed E-state index contributed by atoms with van der Waals surface area (Å²) in [6, 6.07) is 5.47. The van der Waals surface area contributed by atoms with Gasteiger partial charge in [-0.3, -0.25) is 9.78 Å². The van der Waals surface area contributed by atoms with E-state index >= 15 is 0 Å². The van der Waals surface area contributed by atoms with Gasteiger partial charge in [-0.2, -0.15) is 0 Å². The van der Waals surface area contributed by atoms with Gasteiger partial charge in [0.25, 0.3) is 5.91 Å². The standard InChI is InChI=1S/C12H10ClIN2O2/c1-15-10(17)6-18-12-9(14)5-8(13)7-3-2-4-16-11(7)12/h2-5H,6H2,1H3,(H,15,17). The van der Waals surface area contributed by atoms with E-state index in [1.165, 1.54) is 0 Å². The zero-order valence-corrected chi connectivity index (χ0v) is 12.4. The summed E-state index contributed by atoms with van der Waals surface area (Å²) in [6.45, 7) is -0.0419. The first-order valence-corrected chi connectivity index (χ1v) is 6.65. The van der Waals surface area contributed by atoms with Gasteiger partial charge < -0.3 is 10.1 Å². The monoisotopic (exact) mass is 376 g/mol. The summed E-state index contributed by atoms with van der Waals surface area (Å²) in [4.78, 5) is 15.5. The Morgan fingerprint density at radius 2 is 2.39 bits per heavy atom. The maximum atomic E-state index is 11.2. The number of rotatable bonds is 3. The van der Waals surface area contributed by atoms with Crippen molar-refractivity contribution in [3.63, 3.8) is 0 Å². The van der Waals surface area contributed by atoms with Crippen LogP contribution >= 0.6 is 34.2 Å². The molecule has 1 aromatic carbocycles. The first kappa shape index (κ1) is 13.4. The largest absolute Gasteiger partial charge is 0.480 e. The van der Waals surface area contributed by atoms with Gasteiger partial charge in [0.1, 0.15) is 5.52 Å². The van der Waals surface area contributed by atoms with Crippen molar-refractivity contribution in [3.8, 4) is 5.75 Å². The molecule has 18 heavy (non-hydrogen) atoms. The highest BCUT2D eigenvalue weighted by molar-refractivity contribution is 14.1. The van der Waals surface area contributed by atoms with Crippen LogP contribution in [-0.4, -0.2) is 24.5 Å². The van der Waals surface area contributed by atoms with Crippen LogP contribution in [0.3, 0.4) is 0 Å². The Morgan fingerprint density at radius 3 is 3.11 bits per heavy atom. The lowest BCUT2D eigenvalue weighted by Crippen LogP contribution is -2.25. The number of hydrogen-bond acceptors (Lipinski definition) is 3. The van der Waals surface area contributed by atoms with Crippen LogP contribution in [0.2, 0.25) is 5.02 Å². The van der Waals surface area contributed by atoms with Crippen LogP contribution in [0.1, 0.15) is 0 Å². The van der Waals surface area contributed by atoms with Gasteiger partial charge in [-0.15, -0.1) is 0 Å². The summed E-state index contributed by atoms with van der Waals surface area (Å²) in [5, 5.41) is 3.93. The third kappa shape index (κ3) is 2.67. The number of pyridine rings is 1. The lowest BCUT2D eigenvalue weighted by molar-refractivity contribution is -0.122. The molecule has 1 amide bonds. The van der Waals surface area contributed by atoms with E-state index in [0.29, 0.717) is 16.3 Å². The van der Waals surface area contributed by atoms with Crippen LogP contribution in [-0.2, 0) is 4.79 Å². The third-order valence-electron chi connectivity index (χ3n) is 2.38. The summed E-state index contributed by atoms with van der Waals surface area (Å²) in [6.07, 6.45) is 1.67. The van der Waals surface area contributed by atoms with E-state index in [1.54, 1.807) is 19.3 Å². The molecule has 0 spiro atoms. The Kier molecular flexibility index (Phi) is 4.23. The second-order valence-corrected chi connectivity index (χ2v) is 5.10. The molecule has 0 aliphatic rings. The Bertz CT molecular complexity index is 604. The molecule has 94 valence electrons. The third-order valence-corrected chi connectivity index (χ3v) is 3.49. The van der Waals surface area contributed by atoms with E-state index in [1.807, 2.05) is 12.1 Å². The highest BCUT2D eigenvalue weighted by atomic mass is 127. The molecule has 2 rings (SSSR count). The molecule has 0 bridgehead atoms. The predicted molar refractivity (Wildman–Crippen MR) is 79.0 cm³/mol. The van der Waals surface area contributed by atoms with Crippen molar-refractivity contribution in [2.24, 2.45) is 0 Å². The number of aromatic nitrogens is 1. The molecule has 1 heterocycles. The fourth-order valence-electron chi connectivity index (χ4n) is 1.49. The number of fused-ring (bicyclic) bond motifs is 1. The van der Waals surface area contributed by atoms with E-state index in [0.717, 1.165) is 8.96 Å². The lowest BCUT2D eigenvalue weighted by Gasteiger charge is -2.11. The lowest BCUT2D eigenvalue weighted by atomic mass is 10.2. The molecule has 4 nitrogen and oxygen atoms in total. The molecule has 0 atom stereocenters. The summed E-state index contributed by atoms with van der Waals surface area (Å²) >= 11 is 8.26. The van der Waals surface area contributed by atoms with Gasteiger partial charge in [0.2, 0.25) is 0 Å². The molecule has 0 saturated carbocycles. The molecule has 0 radical (unpaired) electrons. The Labute approximate surface area is 123 Å². The molecule has 6 heteroatoms. The average molecular weight is 377 g/mol. The van der Waals surface area contributed by atoms with Crippen LogP contribution in [0.15, 0.2) is 24.4 Å². The smallest absolute Gasteiger partial charge is 0.257 e. The highest BCUT2D eigenvalue weighted by Crippen LogP contribution is 2.34. The van der Waals surface area contributed by atoms with E-state index in [4.69, 9.17) is 16.3 Å². The second kappa shape index (κ2) is 5.71. The molecule has 1 aromatic heterocycles. The van der Waals surface area contributed by atoms with Crippen molar-refractivity contribution in [3.05, 3.63) is 33.0 Å². The minimum Gasteiger partial charge on any atom is -0.480 e. The SMILES string of the molecule is CNC(=O)COc1c(I)cc(Cl)c2cccnc12. The number of benzene rings is 1. The van der Waals surface area contributed by atoms with E-state index < -0.39 is 0 Å². The quantitative estimate of drug-likeness (QED) is 0.838. The summed E-state index contributed by atoms with van der Waals surface area (Å²) in [5.41, 5.74) is 0.665. The van der Waals surface area contributed by atoms with Crippen LogP contribution in [0.25, 0.3) is 10.9 Å². The van der Waals surface area contributed by atoms with Gasteiger partial charge in [0.05, 0.1) is 8.59 Å². The number of nitrogens with zero attached hydrogens (tertiary/aromatic N) is 1. The predicted octanol–water partition coefficient (Wildman–Crippen LogP) is 2.62. The van der Waals surface area contributed by atoms with Crippen LogP contribution in [0, 0.1) is 3.57 Å². The number of ether oxygens (including phenoxy) is 1. The van der Waals surface area contributed by atoms with Crippen molar-refractivity contribution in [1.82, 2.24) is 10.3 Å². The maximum absolute atomic E-state index is 11.2. The Morgan fingerprint density at radius 1 is 1.61 bits per heavy atom. The minimum absolute atomic E-state index is 0.0419. The zero-order chi connectivity index (χ0) is 13.1. The topological polar surface area (TPSA) is 51.2 Å². The Balaban J connectivity index is 2.46. The number of nitrogens with one attached hydrogen (secondary N) is 1. The molecular weight excluding hydrogens is 367 g/mol. The second-order valence-electron chi connectivity index (χ2n) is 3.53. The van der Waals surface area contributed by atoms with Gasteiger partial charge >= 0.3 is 0 Å². The zero-order valence-electron chi connectivity index (χ0n) is 9.54. The van der Waals surface area contributed by atoms with Gasteiger partial charge in [-0.25, -0.2) is 0 Å². The van der Waals surface area contributed by atoms with Crippen LogP contribution in [0.4, 0.5) is 0 Å². The number of carbonyl (C=O) groups excluding carboxylic acids is 1. The van der Waals surface area contributed by atoms with Crippen LogP contribution in [0.5, 0.6) is 5.75 Å². The molecule has 0 unspecified atom stereocenters. The molecule has 2 aromatic rings. The van der Waals surface area contributed by atoms with Crippen molar-refractivity contribution in [1.29, 1.82) is 0 Å². The number of likely N-dealkylation sites (N-methyl/N-ethyl adjacent to an activating group) is 1. The minimum atomic E-state index is -0.190. The first-order chi connectivity index (χ1) is 8.63. The van der Waals surface area contributed by atoms with Crippen molar-refractivity contribution in [2.45, 2.75) is 0 Å². The van der Waals surface area contributed by atoms with E-state index in [2.05, 4.69) is 32.9 Å². The van der Waals surface area contributed by atoms with Crippen molar-refractivity contribution < 1.29 is 9.53 Å². The normalized spacial score (nSPS) is 10.4. The van der Waals surface area contributed by atoms with Crippen molar-refractivity contribution in [2.75, 3.05) is 13.7 Å². The first-order valence-electron chi connectivity index (χ1n) is 5.19. The van der Waals surface area contributed by atoms with Gasteiger partial charge in [0, 0.05) is 18.6 Å². The molecule has 1 N–H and O–H groups in total. The number of halogens is 2. The van der Waals surface area contributed by atoms with Crippen molar-refractivity contribution >= 4 is 51.0 Å². The van der Waals surface area contributed by atoms with Gasteiger partial charge in [-0.05, 0) is 40.8 Å². The maximum Gasteiger partial charge on any atom is 0.257 e. The fourth-order valence-corrected chi connectivity index (χ4v) is 2.66. The summed E-state index contributed by atoms with van der Waals surface area (Å²) < 4.78 is 6.34. The fraction of sp³-hybridized carbons (Fsp3) is 0.167. The number of carbonyl (C=O) groups is 1. The Hall–Kier alpha value is -1.08. The number of hydrogen-bond donors (Lipinski definition) is 1.